The highest BCUT2D eigenvalue weighted by Gasteiger charge is 2.33. The molecule has 0 unspecified atom stereocenters. The Bertz CT molecular complexity index is 1460. The molecule has 0 N–H and O–H groups in total. The summed E-state index contributed by atoms with van der Waals surface area (Å²) in [5.41, 5.74) is 1.53. The number of hydrogen-bond acceptors (Lipinski definition) is 8. The lowest BCUT2D eigenvalue weighted by Gasteiger charge is -2.25. The number of rotatable bonds is 8. The van der Waals surface area contributed by atoms with E-state index in [1.165, 1.54) is 11.3 Å². The lowest BCUT2D eigenvalue weighted by molar-refractivity contribution is -0.143. The quantitative estimate of drug-likeness (QED) is 0.322. The summed E-state index contributed by atoms with van der Waals surface area (Å²) in [4.78, 5) is 35.3. The van der Waals surface area contributed by atoms with Gasteiger partial charge in [-0.25, -0.2) is 9.79 Å². The van der Waals surface area contributed by atoms with Crippen LogP contribution in [-0.2, 0) is 9.53 Å². The fraction of sp³-hybridized carbons (Fsp3) is 0.370. The molecule has 1 aliphatic rings. The van der Waals surface area contributed by atoms with E-state index in [1.54, 1.807) is 43.2 Å². The topological polar surface area (TPSA) is 77.0 Å². The average Bonchev–Trinajstić information content (AvgIpc) is 3.43. The van der Waals surface area contributed by atoms with E-state index in [1.807, 2.05) is 42.7 Å². The van der Waals surface area contributed by atoms with Gasteiger partial charge in [-0.1, -0.05) is 23.5 Å². The molecule has 3 aromatic rings. The van der Waals surface area contributed by atoms with Gasteiger partial charge in [-0.2, -0.15) is 0 Å². The summed E-state index contributed by atoms with van der Waals surface area (Å²) >= 11 is 2.92. The van der Waals surface area contributed by atoms with E-state index in [0.717, 1.165) is 29.4 Å². The number of hydrogen-bond donors (Lipinski definition) is 0. The molecule has 0 radical (unpaired) electrons. The van der Waals surface area contributed by atoms with E-state index in [9.17, 15) is 9.59 Å². The first-order valence-electron chi connectivity index (χ1n) is 12.0. The predicted octanol–water partition coefficient (Wildman–Crippen LogP) is 4.35. The number of ether oxygens (including phenoxy) is 1. The zero-order chi connectivity index (χ0) is 26.0. The van der Waals surface area contributed by atoms with Crippen molar-refractivity contribution in [3.05, 3.63) is 78.7 Å². The van der Waals surface area contributed by atoms with Crippen LogP contribution in [0.2, 0.25) is 0 Å². The van der Waals surface area contributed by atoms with Crippen molar-refractivity contribution in [2.75, 3.05) is 24.2 Å². The number of allylic oxidation sites excluding steroid dienone is 1. The minimum absolute atomic E-state index is 0.221. The maximum absolute atomic E-state index is 13.7. The monoisotopic (exact) mass is 525 g/mol. The molecule has 0 saturated carbocycles. The summed E-state index contributed by atoms with van der Waals surface area (Å²) in [5.74, 6) is 0.896. The summed E-state index contributed by atoms with van der Waals surface area (Å²) < 4.78 is 13.6. The number of thiazole rings is 1. The molecule has 0 saturated heterocycles. The molecule has 1 aliphatic heterocycles. The highest BCUT2D eigenvalue weighted by Crippen LogP contribution is 2.32. The molecular weight excluding hydrogens is 494 g/mol. The lowest BCUT2D eigenvalue weighted by Crippen LogP contribution is -2.40. The number of aromatic nitrogens is 1. The van der Waals surface area contributed by atoms with Crippen molar-refractivity contribution in [2.45, 2.75) is 51.7 Å². The first kappa shape index (κ1) is 26.0. The highest BCUT2D eigenvalue weighted by molar-refractivity contribution is 7.98. The smallest absolute Gasteiger partial charge is 0.338 e. The number of anilines is 1. The molecule has 2 aromatic heterocycles. The maximum Gasteiger partial charge on any atom is 0.338 e. The molecular formula is C27H31N3O4S2. The summed E-state index contributed by atoms with van der Waals surface area (Å²) in [5, 5.41) is 0. The van der Waals surface area contributed by atoms with Crippen molar-refractivity contribution >= 4 is 41.0 Å². The van der Waals surface area contributed by atoms with Crippen molar-refractivity contribution in [3.63, 3.8) is 0 Å². The van der Waals surface area contributed by atoms with Crippen LogP contribution in [0.4, 0.5) is 5.88 Å². The molecule has 1 aromatic carbocycles. The molecule has 0 spiro atoms. The second kappa shape index (κ2) is 10.9. The van der Waals surface area contributed by atoms with Crippen LogP contribution < -0.4 is 19.8 Å². The third-order valence-electron chi connectivity index (χ3n) is 5.98. The number of thioether (sulfide) groups is 1. The van der Waals surface area contributed by atoms with Crippen LogP contribution >= 0.6 is 23.1 Å². The van der Waals surface area contributed by atoms with E-state index < -0.39 is 12.0 Å². The van der Waals surface area contributed by atoms with Crippen LogP contribution in [0, 0.1) is 0 Å². The molecule has 0 bridgehead atoms. The number of fused-ring (bicyclic) bond motifs is 1. The van der Waals surface area contributed by atoms with Crippen molar-refractivity contribution < 1.29 is 13.9 Å². The third kappa shape index (κ3) is 5.08. The average molecular weight is 526 g/mol. The third-order valence-corrected chi connectivity index (χ3v) is 7.70. The molecule has 0 fully saturated rings. The Morgan fingerprint density at radius 1 is 1.22 bits per heavy atom. The Morgan fingerprint density at radius 3 is 2.53 bits per heavy atom. The van der Waals surface area contributed by atoms with Gasteiger partial charge in [-0.05, 0) is 64.6 Å². The predicted molar refractivity (Wildman–Crippen MR) is 145 cm³/mol. The second-order valence-corrected chi connectivity index (χ2v) is 10.5. The number of furan rings is 1. The molecule has 0 aliphatic carbocycles. The Hall–Kier alpha value is -3.04. The minimum Gasteiger partial charge on any atom is -0.459 e. The summed E-state index contributed by atoms with van der Waals surface area (Å²) in [6, 6.07) is 11.0. The van der Waals surface area contributed by atoms with Gasteiger partial charge >= 0.3 is 5.97 Å². The standard InChI is InChI=1S/C27H31N3O4S2/c1-7-29(8-2)22-14-11-19(34-22)15-21-25(31)30-24(18-9-12-20(35-6)13-10-18)23(26(32)33-16(3)4)17(5)28-27(30)36-21/h9-16,24H,7-8H2,1-6H3/b21-15-/t24-/m0/s1. The molecule has 7 nitrogen and oxygen atoms in total. The number of benzene rings is 1. The first-order chi connectivity index (χ1) is 17.3. The minimum atomic E-state index is -0.631. The Morgan fingerprint density at radius 2 is 1.92 bits per heavy atom. The molecule has 9 heteroatoms. The molecule has 0 amide bonds. The van der Waals surface area contributed by atoms with Gasteiger partial charge in [0.2, 0.25) is 0 Å². The van der Waals surface area contributed by atoms with E-state index >= 15 is 0 Å². The van der Waals surface area contributed by atoms with Crippen LogP contribution in [0.3, 0.4) is 0 Å². The molecule has 36 heavy (non-hydrogen) atoms. The van der Waals surface area contributed by atoms with Gasteiger partial charge in [0.05, 0.1) is 27.9 Å². The van der Waals surface area contributed by atoms with Gasteiger partial charge in [0.25, 0.3) is 5.56 Å². The largest absolute Gasteiger partial charge is 0.459 e. The first-order valence-corrected chi connectivity index (χ1v) is 14.0. The molecule has 4 rings (SSSR count). The number of esters is 1. The summed E-state index contributed by atoms with van der Waals surface area (Å²) in [6.45, 7) is 11.2. The van der Waals surface area contributed by atoms with Crippen LogP contribution in [-0.4, -0.2) is 36.0 Å². The van der Waals surface area contributed by atoms with Crippen molar-refractivity contribution in [2.24, 2.45) is 4.99 Å². The van der Waals surface area contributed by atoms with Crippen molar-refractivity contribution in [1.29, 1.82) is 0 Å². The zero-order valence-corrected chi connectivity index (χ0v) is 23.0. The SMILES string of the molecule is CCN(CC)c1ccc(/C=c2\sc3n(c2=O)[C@@H](c2ccc(SC)cc2)C(C(=O)OC(C)C)=C(C)N=3)o1. The fourth-order valence-electron chi connectivity index (χ4n) is 4.22. The number of carbonyl (C=O) groups excluding carboxylic acids is 1. The van der Waals surface area contributed by atoms with Gasteiger partial charge < -0.3 is 14.1 Å². The van der Waals surface area contributed by atoms with Crippen LogP contribution in [0.1, 0.15) is 52.0 Å². The van der Waals surface area contributed by atoms with Gasteiger partial charge in [-0.3, -0.25) is 9.36 Å². The van der Waals surface area contributed by atoms with Crippen LogP contribution in [0.25, 0.3) is 6.08 Å². The van der Waals surface area contributed by atoms with Crippen molar-refractivity contribution in [3.8, 4) is 0 Å². The molecule has 3 heterocycles. The normalized spacial score (nSPS) is 15.8. The zero-order valence-electron chi connectivity index (χ0n) is 21.4. The Labute approximate surface area is 218 Å². The highest BCUT2D eigenvalue weighted by atomic mass is 32.2. The van der Waals surface area contributed by atoms with Crippen LogP contribution in [0.5, 0.6) is 0 Å². The van der Waals surface area contributed by atoms with Gasteiger partial charge in [0.15, 0.2) is 10.7 Å². The summed E-state index contributed by atoms with van der Waals surface area (Å²) in [6.07, 6.45) is 3.46. The Kier molecular flexibility index (Phi) is 7.90. The summed E-state index contributed by atoms with van der Waals surface area (Å²) in [7, 11) is 0. The molecule has 1 atom stereocenters. The van der Waals surface area contributed by atoms with Crippen molar-refractivity contribution in [1.82, 2.24) is 4.57 Å². The fourth-order valence-corrected chi connectivity index (χ4v) is 5.65. The van der Waals surface area contributed by atoms with Gasteiger partial charge in [0, 0.05) is 30.1 Å². The maximum atomic E-state index is 13.7. The Balaban J connectivity index is 1.87. The number of nitrogens with zero attached hydrogens (tertiary/aromatic N) is 3. The van der Waals surface area contributed by atoms with E-state index in [-0.39, 0.29) is 11.7 Å². The van der Waals surface area contributed by atoms with Gasteiger partial charge in [-0.15, -0.1) is 11.8 Å². The van der Waals surface area contributed by atoms with E-state index in [4.69, 9.17) is 9.15 Å². The number of carbonyl (C=O) groups is 1. The van der Waals surface area contributed by atoms with Crippen LogP contribution in [0.15, 0.2) is 66.8 Å². The molecule has 190 valence electrons. The van der Waals surface area contributed by atoms with Gasteiger partial charge in [0.1, 0.15) is 5.76 Å². The van der Waals surface area contributed by atoms with E-state index in [0.29, 0.717) is 26.4 Å². The second-order valence-electron chi connectivity index (χ2n) is 8.66. The lowest BCUT2D eigenvalue weighted by atomic mass is 9.96. The van der Waals surface area contributed by atoms with E-state index in [2.05, 4.69) is 23.7 Å².